The van der Waals surface area contributed by atoms with Crippen molar-refractivity contribution >= 4 is 34.7 Å². The van der Waals surface area contributed by atoms with Crippen molar-refractivity contribution in [1.29, 1.82) is 0 Å². The largest absolute Gasteiger partial charge is 0.494 e. The Labute approximate surface area is 255 Å². The molecule has 1 atom stereocenters. The van der Waals surface area contributed by atoms with Gasteiger partial charge in [-0.2, -0.15) is 0 Å². The summed E-state index contributed by atoms with van der Waals surface area (Å²) in [7, 11) is 0. The maximum atomic E-state index is 14.0. The zero-order valence-corrected chi connectivity index (χ0v) is 24.5. The van der Waals surface area contributed by atoms with Gasteiger partial charge >= 0.3 is 0 Å². The van der Waals surface area contributed by atoms with Gasteiger partial charge in [0.05, 0.1) is 33.4 Å². The van der Waals surface area contributed by atoms with Crippen LogP contribution in [0.5, 0.6) is 5.75 Å². The van der Waals surface area contributed by atoms with E-state index in [0.717, 1.165) is 5.56 Å². The Kier molecular flexibility index (Phi) is 7.78. The molecule has 1 aliphatic heterocycles. The van der Waals surface area contributed by atoms with E-state index in [1.54, 1.807) is 49.4 Å². The molecular formula is C33H26N4O6S. The lowest BCUT2D eigenvalue weighted by Gasteiger charge is -2.25. The number of nitrogens with zero attached hydrogens (tertiary/aromatic N) is 3. The summed E-state index contributed by atoms with van der Waals surface area (Å²) in [5.41, 5.74) is 2.35. The molecule has 0 unspecified atom stereocenters. The number of nitro groups is 1. The number of para-hydroxylation sites is 1. The minimum Gasteiger partial charge on any atom is -0.494 e. The summed E-state index contributed by atoms with van der Waals surface area (Å²) in [6, 6.07) is 25.2. The number of amides is 1. The molecule has 6 rings (SSSR count). The lowest BCUT2D eigenvalue weighted by Crippen LogP contribution is -2.40. The molecular weight excluding hydrogens is 580 g/mol. The summed E-state index contributed by atoms with van der Waals surface area (Å²) in [6.45, 7) is 4.17. The van der Waals surface area contributed by atoms with E-state index >= 15 is 0 Å². The fourth-order valence-corrected chi connectivity index (χ4v) is 6.07. The average molecular weight is 607 g/mol. The normalized spacial score (nSPS) is 14.6. The third kappa shape index (κ3) is 5.60. The first-order valence-electron chi connectivity index (χ1n) is 13.8. The number of allylic oxidation sites excluding steroid dienone is 1. The molecule has 11 heteroatoms. The highest BCUT2D eigenvalue weighted by Gasteiger charge is 2.32. The van der Waals surface area contributed by atoms with Crippen LogP contribution in [-0.4, -0.2) is 22.0 Å². The molecule has 10 nitrogen and oxygen atoms in total. The maximum absolute atomic E-state index is 14.0. The van der Waals surface area contributed by atoms with Crippen LogP contribution in [0.1, 0.15) is 31.2 Å². The number of rotatable bonds is 8. The SMILES string of the molecule is CCOc1ccc([C@H]2C(C(=O)Nc3ccccc3)=C(C)N=c3s/c(=C\c4ccc(-c5cccc([N+](=O)[O-])c5)o4)c(=O)n32)cc1. The summed E-state index contributed by atoms with van der Waals surface area (Å²) in [4.78, 5) is 43.6. The van der Waals surface area contributed by atoms with Crippen molar-refractivity contribution in [3.05, 3.63) is 143 Å². The molecule has 1 N–H and O–H groups in total. The highest BCUT2D eigenvalue weighted by atomic mass is 32.1. The highest BCUT2D eigenvalue weighted by molar-refractivity contribution is 7.07. The summed E-state index contributed by atoms with van der Waals surface area (Å²) >= 11 is 1.19. The van der Waals surface area contributed by atoms with Gasteiger partial charge in [0.2, 0.25) is 0 Å². The number of carbonyl (C=O) groups excluding carboxylic acids is 1. The number of aromatic nitrogens is 1. The van der Waals surface area contributed by atoms with Crippen molar-refractivity contribution in [2.75, 3.05) is 11.9 Å². The molecule has 0 saturated heterocycles. The number of hydrogen-bond donors (Lipinski definition) is 1. The number of ether oxygens (including phenoxy) is 1. The molecule has 0 fully saturated rings. The number of benzene rings is 3. The monoisotopic (exact) mass is 606 g/mol. The number of nitrogens with one attached hydrogen (secondary N) is 1. The second-order valence-corrected chi connectivity index (χ2v) is 10.9. The van der Waals surface area contributed by atoms with E-state index in [-0.39, 0.29) is 17.2 Å². The lowest BCUT2D eigenvalue weighted by atomic mass is 9.95. The predicted octanol–water partition coefficient (Wildman–Crippen LogP) is 5.44. The van der Waals surface area contributed by atoms with Crippen LogP contribution < -0.4 is 24.9 Å². The quantitative estimate of drug-likeness (QED) is 0.185. The maximum Gasteiger partial charge on any atom is 0.271 e. The van der Waals surface area contributed by atoms with E-state index in [4.69, 9.17) is 9.15 Å². The second-order valence-electron chi connectivity index (χ2n) is 9.91. The Bertz CT molecular complexity index is 2090. The van der Waals surface area contributed by atoms with Crippen molar-refractivity contribution in [3.8, 4) is 17.1 Å². The Morgan fingerprint density at radius 3 is 2.59 bits per heavy atom. The van der Waals surface area contributed by atoms with Gasteiger partial charge in [0.1, 0.15) is 17.3 Å². The van der Waals surface area contributed by atoms with Gasteiger partial charge in [-0.1, -0.05) is 53.8 Å². The Balaban J connectivity index is 1.43. The molecule has 0 saturated carbocycles. The van der Waals surface area contributed by atoms with Crippen LogP contribution in [0.25, 0.3) is 17.4 Å². The minimum atomic E-state index is -0.746. The van der Waals surface area contributed by atoms with Gasteiger partial charge < -0.3 is 14.5 Å². The van der Waals surface area contributed by atoms with Crippen molar-refractivity contribution in [2.45, 2.75) is 19.9 Å². The van der Waals surface area contributed by atoms with Gasteiger partial charge in [0, 0.05) is 29.5 Å². The number of hydrogen-bond acceptors (Lipinski definition) is 8. The molecule has 0 radical (unpaired) electrons. The van der Waals surface area contributed by atoms with Crippen LogP contribution in [0.4, 0.5) is 11.4 Å². The van der Waals surface area contributed by atoms with Crippen molar-refractivity contribution in [1.82, 2.24) is 4.57 Å². The van der Waals surface area contributed by atoms with Gasteiger partial charge in [-0.25, -0.2) is 4.99 Å². The van der Waals surface area contributed by atoms with Crippen molar-refractivity contribution in [3.63, 3.8) is 0 Å². The summed E-state index contributed by atoms with van der Waals surface area (Å²) in [5, 5.41) is 14.2. The smallest absolute Gasteiger partial charge is 0.271 e. The zero-order valence-electron chi connectivity index (χ0n) is 23.7. The molecule has 0 aliphatic carbocycles. The first-order chi connectivity index (χ1) is 21.3. The number of carbonyl (C=O) groups is 1. The molecule has 5 aromatic rings. The zero-order chi connectivity index (χ0) is 30.8. The van der Waals surface area contributed by atoms with Gasteiger partial charge in [-0.15, -0.1) is 0 Å². The van der Waals surface area contributed by atoms with Crippen LogP contribution in [-0.2, 0) is 4.79 Å². The first kappa shape index (κ1) is 28.6. The molecule has 44 heavy (non-hydrogen) atoms. The van der Waals surface area contributed by atoms with Crippen LogP contribution >= 0.6 is 11.3 Å². The van der Waals surface area contributed by atoms with E-state index in [1.165, 1.54) is 28.0 Å². The summed E-state index contributed by atoms with van der Waals surface area (Å²) < 4.78 is 13.5. The van der Waals surface area contributed by atoms with E-state index in [0.29, 0.717) is 55.7 Å². The molecule has 0 spiro atoms. The standard InChI is InChI=1S/C33H26N4O6S/c1-3-42-25-14-12-21(13-15-25)30-29(31(38)35-23-9-5-4-6-10-23)20(2)34-33-36(30)32(39)28(44-33)19-26-16-17-27(43-26)22-8-7-11-24(18-22)37(40)41/h4-19,30H,3H2,1-2H3,(H,35,38)/b28-19-/t30-/m0/s1. The number of thiazole rings is 1. The van der Waals surface area contributed by atoms with Crippen LogP contribution in [0.3, 0.4) is 0 Å². The Hall–Kier alpha value is -5.55. The van der Waals surface area contributed by atoms with Gasteiger partial charge in [-0.05, 0) is 55.8 Å². The fourth-order valence-electron chi connectivity index (χ4n) is 5.05. The molecule has 3 heterocycles. The van der Waals surface area contributed by atoms with E-state index in [2.05, 4.69) is 10.3 Å². The summed E-state index contributed by atoms with van der Waals surface area (Å²) in [6.07, 6.45) is 1.61. The second kappa shape index (κ2) is 12.0. The number of anilines is 1. The number of fused-ring (bicyclic) bond motifs is 1. The fraction of sp³-hybridized carbons (Fsp3) is 0.121. The van der Waals surface area contributed by atoms with E-state index in [1.807, 2.05) is 49.4 Å². The number of non-ortho nitro benzene ring substituents is 1. The van der Waals surface area contributed by atoms with Gasteiger partial charge in [0.25, 0.3) is 17.2 Å². The number of nitro benzene ring substituents is 1. The topological polar surface area (TPSA) is 129 Å². The third-order valence-electron chi connectivity index (χ3n) is 7.05. The highest BCUT2D eigenvalue weighted by Crippen LogP contribution is 2.32. The third-order valence-corrected chi connectivity index (χ3v) is 8.03. The van der Waals surface area contributed by atoms with Crippen molar-refractivity contribution < 1.29 is 18.9 Å². The van der Waals surface area contributed by atoms with E-state index < -0.39 is 11.0 Å². The minimum absolute atomic E-state index is 0.0504. The molecule has 2 aromatic heterocycles. The summed E-state index contributed by atoms with van der Waals surface area (Å²) in [5.74, 6) is 1.14. The predicted molar refractivity (Wildman–Crippen MR) is 167 cm³/mol. The lowest BCUT2D eigenvalue weighted by molar-refractivity contribution is -0.384. The molecule has 1 aliphatic rings. The average Bonchev–Trinajstić information content (AvgIpc) is 3.61. The number of furan rings is 1. The van der Waals surface area contributed by atoms with Gasteiger partial charge in [0.15, 0.2) is 4.80 Å². The molecule has 1 amide bonds. The van der Waals surface area contributed by atoms with E-state index in [9.17, 15) is 19.7 Å². The van der Waals surface area contributed by atoms with Crippen LogP contribution in [0.15, 0.2) is 116 Å². The van der Waals surface area contributed by atoms with Crippen LogP contribution in [0, 0.1) is 10.1 Å². The Morgan fingerprint density at radius 2 is 1.86 bits per heavy atom. The molecule has 3 aromatic carbocycles. The molecule has 220 valence electrons. The molecule has 0 bridgehead atoms. The Morgan fingerprint density at radius 1 is 1.09 bits per heavy atom. The van der Waals surface area contributed by atoms with Crippen molar-refractivity contribution in [2.24, 2.45) is 4.99 Å². The first-order valence-corrected chi connectivity index (χ1v) is 14.6. The van der Waals surface area contributed by atoms with Gasteiger partial charge in [-0.3, -0.25) is 24.3 Å². The van der Waals surface area contributed by atoms with Crippen LogP contribution in [0.2, 0.25) is 0 Å².